The maximum absolute atomic E-state index is 12.8. The Balaban J connectivity index is 1.75. The molecule has 2 aromatic carbocycles. The van der Waals surface area contributed by atoms with Gasteiger partial charge in [-0.25, -0.2) is 13.4 Å². The van der Waals surface area contributed by atoms with Crippen LogP contribution in [0.15, 0.2) is 53.4 Å². The summed E-state index contributed by atoms with van der Waals surface area (Å²) in [6.07, 6.45) is 0. The smallest absolute Gasteiger partial charge is 0.267 e. The van der Waals surface area contributed by atoms with Crippen LogP contribution in [0.2, 0.25) is 0 Å². The molecule has 9 heteroatoms. The molecule has 1 aromatic heterocycles. The molecule has 0 aliphatic rings. The molecule has 1 amide bonds. The number of thiazole rings is 1. The fourth-order valence-corrected chi connectivity index (χ4v) is 5.27. The fourth-order valence-electron chi connectivity index (χ4n) is 2.93. The summed E-state index contributed by atoms with van der Waals surface area (Å²) in [7, 11) is -2.03. The second-order valence-corrected chi connectivity index (χ2v) is 10.5. The van der Waals surface area contributed by atoms with Crippen molar-refractivity contribution in [1.29, 1.82) is 0 Å². The standard InChI is InChI=1S/C23H27N3O4S2/c1-6-30-19-11-7-17(8-12-19)23-24-16(4)21(31-23)22(27)25-18-9-13-20(14-10-18)32(28,29)26(5)15(2)3/h7-15H,6H2,1-5H3,(H,25,27). The average molecular weight is 474 g/mol. The van der Waals surface area contributed by atoms with Gasteiger partial charge >= 0.3 is 0 Å². The van der Waals surface area contributed by atoms with Crippen LogP contribution in [0.25, 0.3) is 10.6 Å². The number of aromatic nitrogens is 1. The molecule has 0 bridgehead atoms. The van der Waals surface area contributed by atoms with E-state index in [0.717, 1.165) is 16.3 Å². The van der Waals surface area contributed by atoms with E-state index in [1.807, 2.05) is 45.0 Å². The molecule has 0 aliphatic heterocycles. The Bertz CT molecular complexity index is 1180. The Morgan fingerprint density at radius 1 is 1.12 bits per heavy atom. The Morgan fingerprint density at radius 3 is 2.31 bits per heavy atom. The number of carbonyl (C=O) groups excluding carboxylic acids is 1. The molecule has 3 rings (SSSR count). The van der Waals surface area contributed by atoms with Crippen molar-refractivity contribution in [2.24, 2.45) is 0 Å². The lowest BCUT2D eigenvalue weighted by Crippen LogP contribution is -2.33. The summed E-state index contributed by atoms with van der Waals surface area (Å²) in [5, 5.41) is 3.57. The summed E-state index contributed by atoms with van der Waals surface area (Å²) >= 11 is 1.31. The number of anilines is 1. The van der Waals surface area contributed by atoms with E-state index < -0.39 is 10.0 Å². The molecule has 7 nitrogen and oxygen atoms in total. The monoisotopic (exact) mass is 473 g/mol. The van der Waals surface area contributed by atoms with Gasteiger partial charge in [-0.1, -0.05) is 0 Å². The van der Waals surface area contributed by atoms with Crippen LogP contribution in [-0.2, 0) is 10.0 Å². The minimum absolute atomic E-state index is 0.154. The number of nitrogens with one attached hydrogen (secondary N) is 1. The van der Waals surface area contributed by atoms with E-state index >= 15 is 0 Å². The van der Waals surface area contributed by atoms with Crippen LogP contribution in [0.4, 0.5) is 5.69 Å². The highest BCUT2D eigenvalue weighted by Gasteiger charge is 2.23. The summed E-state index contributed by atoms with van der Waals surface area (Å²) in [6, 6.07) is 13.6. The van der Waals surface area contributed by atoms with E-state index in [1.165, 1.54) is 27.8 Å². The summed E-state index contributed by atoms with van der Waals surface area (Å²) in [5.74, 6) is 0.500. The maximum atomic E-state index is 12.8. The molecule has 1 heterocycles. The molecule has 32 heavy (non-hydrogen) atoms. The average Bonchev–Trinajstić information content (AvgIpc) is 3.16. The fraction of sp³-hybridized carbons (Fsp3) is 0.304. The number of nitrogens with zero attached hydrogens (tertiary/aromatic N) is 2. The van der Waals surface area contributed by atoms with Gasteiger partial charge in [-0.05, 0) is 76.2 Å². The summed E-state index contributed by atoms with van der Waals surface area (Å²) in [4.78, 5) is 18.0. The van der Waals surface area contributed by atoms with Gasteiger partial charge < -0.3 is 10.1 Å². The molecule has 1 N–H and O–H groups in total. The molecule has 0 fully saturated rings. The normalized spacial score (nSPS) is 11.7. The molecule has 0 radical (unpaired) electrons. The zero-order valence-corrected chi connectivity index (χ0v) is 20.4. The molecule has 0 unspecified atom stereocenters. The van der Waals surface area contributed by atoms with Gasteiger partial charge in [-0.2, -0.15) is 4.31 Å². The molecule has 0 atom stereocenters. The first-order valence-corrected chi connectivity index (χ1v) is 12.5. The first kappa shape index (κ1) is 23.9. The predicted molar refractivity (Wildman–Crippen MR) is 128 cm³/mol. The summed E-state index contributed by atoms with van der Waals surface area (Å²) in [5.41, 5.74) is 2.05. The molecule has 3 aromatic rings. The summed E-state index contributed by atoms with van der Waals surface area (Å²) in [6.45, 7) is 7.94. The molecule has 0 aliphatic carbocycles. The van der Waals surface area contributed by atoms with Crippen LogP contribution in [0.5, 0.6) is 5.75 Å². The highest BCUT2D eigenvalue weighted by molar-refractivity contribution is 7.89. The van der Waals surface area contributed by atoms with Crippen molar-refractivity contribution < 1.29 is 17.9 Å². The van der Waals surface area contributed by atoms with Crippen LogP contribution < -0.4 is 10.1 Å². The number of benzene rings is 2. The Morgan fingerprint density at radius 2 is 1.75 bits per heavy atom. The van der Waals surface area contributed by atoms with Crippen molar-refractivity contribution in [2.45, 2.75) is 38.6 Å². The van der Waals surface area contributed by atoms with E-state index in [1.54, 1.807) is 26.1 Å². The van der Waals surface area contributed by atoms with Crippen LogP contribution in [-0.4, -0.2) is 43.3 Å². The number of sulfonamides is 1. The number of amides is 1. The first-order chi connectivity index (χ1) is 15.1. The highest BCUT2D eigenvalue weighted by Crippen LogP contribution is 2.30. The van der Waals surface area contributed by atoms with Gasteiger partial charge in [-0.15, -0.1) is 11.3 Å². The van der Waals surface area contributed by atoms with Crippen LogP contribution in [0, 0.1) is 6.92 Å². The maximum Gasteiger partial charge on any atom is 0.267 e. The second kappa shape index (κ2) is 9.81. The lowest BCUT2D eigenvalue weighted by atomic mass is 10.2. The number of rotatable bonds is 8. The third kappa shape index (κ3) is 5.17. The number of ether oxygens (including phenoxy) is 1. The van der Waals surface area contributed by atoms with E-state index in [2.05, 4.69) is 10.3 Å². The highest BCUT2D eigenvalue weighted by atomic mass is 32.2. The molecular formula is C23H27N3O4S2. The first-order valence-electron chi connectivity index (χ1n) is 10.2. The Kier molecular flexibility index (Phi) is 7.33. The van der Waals surface area contributed by atoms with E-state index in [0.29, 0.717) is 22.9 Å². The molecule has 170 valence electrons. The quantitative estimate of drug-likeness (QED) is 0.508. The number of aryl methyl sites for hydroxylation is 1. The van der Waals surface area contributed by atoms with Crippen molar-refractivity contribution in [3.63, 3.8) is 0 Å². The van der Waals surface area contributed by atoms with Gasteiger partial charge in [0.25, 0.3) is 5.91 Å². The lowest BCUT2D eigenvalue weighted by Gasteiger charge is -2.21. The van der Waals surface area contributed by atoms with Gasteiger partial charge in [0.15, 0.2) is 0 Å². The lowest BCUT2D eigenvalue weighted by molar-refractivity contribution is 0.103. The third-order valence-corrected chi connectivity index (χ3v) is 8.18. The molecule has 0 spiro atoms. The Labute approximate surface area is 193 Å². The third-order valence-electron chi connectivity index (χ3n) is 4.93. The van der Waals surface area contributed by atoms with E-state index in [-0.39, 0.29) is 16.8 Å². The van der Waals surface area contributed by atoms with Gasteiger partial charge in [-0.3, -0.25) is 4.79 Å². The predicted octanol–water partition coefficient (Wildman–Crippen LogP) is 4.80. The number of hydrogen-bond acceptors (Lipinski definition) is 6. The Hall–Kier alpha value is -2.75. The topological polar surface area (TPSA) is 88.6 Å². The number of carbonyl (C=O) groups is 1. The van der Waals surface area contributed by atoms with Gasteiger partial charge in [0.2, 0.25) is 10.0 Å². The van der Waals surface area contributed by atoms with Crippen molar-refractivity contribution in [3.05, 3.63) is 59.1 Å². The van der Waals surface area contributed by atoms with Gasteiger partial charge in [0.1, 0.15) is 15.6 Å². The van der Waals surface area contributed by atoms with Crippen molar-refractivity contribution in [2.75, 3.05) is 19.0 Å². The second-order valence-electron chi connectivity index (χ2n) is 7.48. The zero-order valence-electron chi connectivity index (χ0n) is 18.7. The zero-order chi connectivity index (χ0) is 23.5. The minimum atomic E-state index is -3.57. The van der Waals surface area contributed by atoms with Gasteiger partial charge in [0.05, 0.1) is 17.2 Å². The van der Waals surface area contributed by atoms with Crippen molar-refractivity contribution >= 4 is 33.0 Å². The van der Waals surface area contributed by atoms with Gasteiger partial charge in [0, 0.05) is 24.3 Å². The minimum Gasteiger partial charge on any atom is -0.494 e. The SMILES string of the molecule is CCOc1ccc(-c2nc(C)c(C(=O)Nc3ccc(S(=O)(=O)N(C)C(C)C)cc3)s2)cc1. The molecule has 0 saturated heterocycles. The van der Waals surface area contributed by atoms with Crippen molar-refractivity contribution in [1.82, 2.24) is 9.29 Å². The van der Waals surface area contributed by atoms with Crippen LogP contribution in [0.1, 0.15) is 36.1 Å². The van der Waals surface area contributed by atoms with Crippen molar-refractivity contribution in [3.8, 4) is 16.3 Å². The molecule has 0 saturated carbocycles. The molecular weight excluding hydrogens is 446 g/mol. The van der Waals surface area contributed by atoms with E-state index in [4.69, 9.17) is 4.74 Å². The van der Waals surface area contributed by atoms with Crippen LogP contribution in [0.3, 0.4) is 0 Å². The van der Waals surface area contributed by atoms with E-state index in [9.17, 15) is 13.2 Å². The number of hydrogen-bond donors (Lipinski definition) is 1. The summed E-state index contributed by atoms with van der Waals surface area (Å²) < 4.78 is 32.0. The largest absolute Gasteiger partial charge is 0.494 e. The van der Waals surface area contributed by atoms with Crippen LogP contribution >= 0.6 is 11.3 Å².